The van der Waals surface area contributed by atoms with Gasteiger partial charge in [-0.15, -0.1) is 0 Å². The first-order valence-corrected chi connectivity index (χ1v) is 10.5. The van der Waals surface area contributed by atoms with Crippen molar-refractivity contribution in [1.29, 1.82) is 0 Å². The Labute approximate surface area is 164 Å². The first kappa shape index (κ1) is 18.7. The fraction of sp³-hybridized carbons (Fsp3) is 0.609. The van der Waals surface area contributed by atoms with Crippen LogP contribution in [0.1, 0.15) is 55.8 Å². The molecule has 27 heavy (non-hydrogen) atoms. The second-order valence-electron chi connectivity index (χ2n) is 9.19. The Morgan fingerprint density at radius 3 is 2.56 bits per heavy atom. The lowest BCUT2D eigenvalue weighted by atomic mass is 9.79. The second kappa shape index (κ2) is 7.76. The summed E-state index contributed by atoms with van der Waals surface area (Å²) >= 11 is 0. The Hall–Kier alpha value is -1.65. The number of hydrogen-bond donors (Lipinski definition) is 0. The SMILES string of the molecule is Cc1cccc(CN2CCCC3(CCN(Cc4cnn(C(C)C)c4)C3)C2)c1. The molecule has 0 aliphatic carbocycles. The Balaban J connectivity index is 1.35. The molecule has 2 aliphatic heterocycles. The molecule has 0 amide bonds. The van der Waals surface area contributed by atoms with Crippen molar-refractivity contribution >= 4 is 0 Å². The number of aryl methyl sites for hydroxylation is 1. The van der Waals surface area contributed by atoms with Gasteiger partial charge in [0.15, 0.2) is 0 Å². The first-order chi connectivity index (χ1) is 13.0. The molecule has 4 rings (SSSR count). The minimum absolute atomic E-state index is 0.442. The fourth-order valence-corrected chi connectivity index (χ4v) is 5.01. The highest BCUT2D eigenvalue weighted by Gasteiger charge is 2.41. The molecule has 4 heteroatoms. The summed E-state index contributed by atoms with van der Waals surface area (Å²) in [6, 6.07) is 9.45. The Morgan fingerprint density at radius 2 is 1.81 bits per heavy atom. The zero-order valence-corrected chi connectivity index (χ0v) is 17.2. The van der Waals surface area contributed by atoms with Crippen molar-refractivity contribution in [3.8, 4) is 0 Å². The monoisotopic (exact) mass is 366 g/mol. The topological polar surface area (TPSA) is 24.3 Å². The molecule has 2 fully saturated rings. The maximum Gasteiger partial charge on any atom is 0.0534 e. The number of benzene rings is 1. The van der Waals surface area contributed by atoms with Gasteiger partial charge in [0, 0.05) is 44.0 Å². The third-order valence-corrected chi connectivity index (χ3v) is 6.34. The number of aromatic nitrogens is 2. The number of piperidine rings is 1. The van der Waals surface area contributed by atoms with E-state index >= 15 is 0 Å². The van der Waals surface area contributed by atoms with Crippen molar-refractivity contribution < 1.29 is 0 Å². The van der Waals surface area contributed by atoms with Gasteiger partial charge in [0.2, 0.25) is 0 Å². The van der Waals surface area contributed by atoms with Crippen LogP contribution in [0.25, 0.3) is 0 Å². The zero-order chi connectivity index (χ0) is 18.9. The average Bonchev–Trinajstić information content (AvgIpc) is 3.23. The molecule has 146 valence electrons. The minimum Gasteiger partial charge on any atom is -0.298 e. The van der Waals surface area contributed by atoms with Crippen LogP contribution in [-0.4, -0.2) is 45.8 Å². The van der Waals surface area contributed by atoms with Crippen LogP contribution in [0.5, 0.6) is 0 Å². The molecule has 4 nitrogen and oxygen atoms in total. The van der Waals surface area contributed by atoms with Crippen molar-refractivity contribution in [1.82, 2.24) is 19.6 Å². The molecular weight excluding hydrogens is 332 g/mol. The van der Waals surface area contributed by atoms with Gasteiger partial charge in [-0.05, 0) is 64.1 Å². The van der Waals surface area contributed by atoms with Crippen molar-refractivity contribution in [3.63, 3.8) is 0 Å². The van der Waals surface area contributed by atoms with Gasteiger partial charge in [0.25, 0.3) is 0 Å². The molecule has 0 bridgehead atoms. The molecule has 1 unspecified atom stereocenters. The van der Waals surface area contributed by atoms with Crippen LogP contribution in [0.4, 0.5) is 0 Å². The normalized spacial score (nSPS) is 24.3. The van der Waals surface area contributed by atoms with Crippen LogP contribution in [0.15, 0.2) is 36.7 Å². The molecular formula is C23H34N4. The summed E-state index contributed by atoms with van der Waals surface area (Å²) < 4.78 is 2.07. The van der Waals surface area contributed by atoms with Gasteiger partial charge >= 0.3 is 0 Å². The molecule has 1 spiro atoms. The summed E-state index contributed by atoms with van der Waals surface area (Å²) in [6.45, 7) is 13.7. The van der Waals surface area contributed by atoms with Gasteiger partial charge in [-0.1, -0.05) is 29.8 Å². The van der Waals surface area contributed by atoms with Crippen molar-refractivity contribution in [3.05, 3.63) is 53.3 Å². The maximum atomic E-state index is 4.51. The van der Waals surface area contributed by atoms with E-state index in [1.807, 2.05) is 0 Å². The smallest absolute Gasteiger partial charge is 0.0534 e. The zero-order valence-electron chi connectivity index (χ0n) is 17.2. The van der Waals surface area contributed by atoms with E-state index in [2.05, 4.69) is 77.0 Å². The van der Waals surface area contributed by atoms with Gasteiger partial charge < -0.3 is 0 Å². The summed E-state index contributed by atoms with van der Waals surface area (Å²) in [4.78, 5) is 5.34. The van der Waals surface area contributed by atoms with Crippen molar-refractivity contribution in [2.75, 3.05) is 26.2 Å². The summed E-state index contributed by atoms with van der Waals surface area (Å²) in [5.74, 6) is 0. The molecule has 2 aromatic rings. The van der Waals surface area contributed by atoms with Gasteiger partial charge in [0.05, 0.1) is 6.20 Å². The van der Waals surface area contributed by atoms with Crippen molar-refractivity contribution in [2.24, 2.45) is 5.41 Å². The van der Waals surface area contributed by atoms with Gasteiger partial charge in [-0.3, -0.25) is 14.5 Å². The van der Waals surface area contributed by atoms with E-state index in [9.17, 15) is 0 Å². The fourth-order valence-electron chi connectivity index (χ4n) is 5.01. The summed E-state index contributed by atoms with van der Waals surface area (Å²) in [6.07, 6.45) is 8.34. The molecule has 1 aromatic heterocycles. The molecule has 2 saturated heterocycles. The maximum absolute atomic E-state index is 4.51. The number of hydrogen-bond acceptors (Lipinski definition) is 3. The van der Waals surface area contributed by atoms with Crippen LogP contribution in [-0.2, 0) is 13.1 Å². The molecule has 1 aromatic carbocycles. The van der Waals surface area contributed by atoms with Crippen molar-refractivity contribution in [2.45, 2.75) is 59.2 Å². The van der Waals surface area contributed by atoms with Gasteiger partial charge in [-0.25, -0.2) is 0 Å². The lowest BCUT2D eigenvalue weighted by molar-refractivity contribution is 0.0866. The Bertz CT molecular complexity index is 765. The lowest BCUT2D eigenvalue weighted by Gasteiger charge is -2.40. The highest BCUT2D eigenvalue weighted by atomic mass is 15.3. The molecule has 1 atom stereocenters. The van der Waals surface area contributed by atoms with E-state index in [0.717, 1.165) is 13.1 Å². The summed E-state index contributed by atoms with van der Waals surface area (Å²) in [5, 5.41) is 4.51. The largest absolute Gasteiger partial charge is 0.298 e. The minimum atomic E-state index is 0.442. The Kier molecular flexibility index (Phi) is 5.38. The highest BCUT2D eigenvalue weighted by molar-refractivity contribution is 5.22. The highest BCUT2D eigenvalue weighted by Crippen LogP contribution is 2.39. The number of likely N-dealkylation sites (tertiary alicyclic amines) is 2. The third-order valence-electron chi connectivity index (χ3n) is 6.34. The quantitative estimate of drug-likeness (QED) is 0.790. The van der Waals surface area contributed by atoms with E-state index in [1.165, 1.54) is 62.1 Å². The lowest BCUT2D eigenvalue weighted by Crippen LogP contribution is -2.44. The summed E-state index contributed by atoms with van der Waals surface area (Å²) in [5.41, 5.74) is 4.68. The van der Waals surface area contributed by atoms with Crippen LogP contribution in [0.2, 0.25) is 0 Å². The molecule has 0 saturated carbocycles. The first-order valence-electron chi connectivity index (χ1n) is 10.5. The van der Waals surface area contributed by atoms with E-state index in [4.69, 9.17) is 0 Å². The van der Waals surface area contributed by atoms with Crippen LogP contribution >= 0.6 is 0 Å². The molecule has 2 aliphatic rings. The van der Waals surface area contributed by atoms with Gasteiger partial charge in [0.1, 0.15) is 0 Å². The van der Waals surface area contributed by atoms with E-state index < -0.39 is 0 Å². The predicted molar refractivity (Wildman–Crippen MR) is 111 cm³/mol. The van der Waals surface area contributed by atoms with E-state index in [0.29, 0.717) is 11.5 Å². The molecule has 3 heterocycles. The Morgan fingerprint density at radius 1 is 1.04 bits per heavy atom. The standard InChI is InChI=1S/C23H34N4/c1-19(2)27-16-22(13-24-27)15-26-11-9-23(18-26)8-5-10-25(17-23)14-21-7-4-6-20(3)12-21/h4,6-7,12-13,16,19H,5,8-11,14-15,17-18H2,1-3H3. The van der Waals surface area contributed by atoms with Gasteiger partial charge in [-0.2, -0.15) is 5.10 Å². The third kappa shape index (κ3) is 4.44. The van der Waals surface area contributed by atoms with Crippen LogP contribution in [0, 0.1) is 12.3 Å². The van der Waals surface area contributed by atoms with Crippen LogP contribution < -0.4 is 0 Å². The van der Waals surface area contributed by atoms with E-state index in [-0.39, 0.29) is 0 Å². The molecule has 0 radical (unpaired) electrons. The average molecular weight is 367 g/mol. The van der Waals surface area contributed by atoms with Crippen LogP contribution in [0.3, 0.4) is 0 Å². The predicted octanol–water partition coefficient (Wildman–Crippen LogP) is 4.26. The number of rotatable bonds is 5. The van der Waals surface area contributed by atoms with E-state index in [1.54, 1.807) is 0 Å². The summed E-state index contributed by atoms with van der Waals surface area (Å²) in [7, 11) is 0. The second-order valence-corrected chi connectivity index (χ2v) is 9.19. The molecule has 0 N–H and O–H groups in total. The number of nitrogens with zero attached hydrogens (tertiary/aromatic N) is 4.